The van der Waals surface area contributed by atoms with Gasteiger partial charge in [-0.05, 0) is 56.5 Å². The topological polar surface area (TPSA) is 30.5 Å². The van der Waals surface area contributed by atoms with Crippen LogP contribution in [0, 0.1) is 5.92 Å². The first-order valence-electron chi connectivity index (χ1n) is 6.38. The van der Waals surface area contributed by atoms with Gasteiger partial charge in [-0.3, -0.25) is 0 Å². The molecule has 0 unspecified atom stereocenters. The van der Waals surface area contributed by atoms with Crippen molar-refractivity contribution in [2.45, 2.75) is 19.3 Å². The zero-order valence-corrected chi connectivity index (χ0v) is 11.7. The molecule has 2 rings (SSSR count). The Balaban J connectivity index is 2.12. The van der Waals surface area contributed by atoms with Crippen LogP contribution in [0.2, 0.25) is 5.02 Å². The Morgan fingerprint density at radius 1 is 1.39 bits per heavy atom. The van der Waals surface area contributed by atoms with Crippen LogP contribution in [0.1, 0.15) is 18.4 Å². The number of nitrogens with one attached hydrogen (secondary N) is 1. The van der Waals surface area contributed by atoms with Crippen molar-refractivity contribution in [2.24, 2.45) is 5.92 Å². The van der Waals surface area contributed by atoms with Gasteiger partial charge in [-0.2, -0.15) is 0 Å². The van der Waals surface area contributed by atoms with Crippen molar-refractivity contribution in [3.05, 3.63) is 22.7 Å². The van der Waals surface area contributed by atoms with E-state index in [-0.39, 0.29) is 0 Å². The second kappa shape index (κ2) is 6.30. The molecule has 1 aliphatic carbocycles. The van der Waals surface area contributed by atoms with Gasteiger partial charge >= 0.3 is 0 Å². The average Bonchev–Trinajstić information content (AvgIpc) is 3.17. The summed E-state index contributed by atoms with van der Waals surface area (Å²) in [6, 6.07) is 3.98. The summed E-state index contributed by atoms with van der Waals surface area (Å²) >= 11 is 6.22. The lowest BCUT2D eigenvalue weighted by molar-refractivity contribution is 0.280. The Morgan fingerprint density at radius 3 is 2.78 bits per heavy atom. The van der Waals surface area contributed by atoms with E-state index in [1.54, 1.807) is 7.11 Å². The second-order valence-electron chi connectivity index (χ2n) is 4.72. The molecule has 0 bridgehead atoms. The SMILES string of the molecule is CNCCc1cc(Cl)c(OC)c(OCC2CC2)c1. The maximum atomic E-state index is 6.22. The summed E-state index contributed by atoms with van der Waals surface area (Å²) in [4.78, 5) is 0. The predicted molar refractivity (Wildman–Crippen MR) is 73.9 cm³/mol. The third-order valence-corrected chi connectivity index (χ3v) is 3.39. The fourth-order valence-electron chi connectivity index (χ4n) is 1.83. The van der Waals surface area contributed by atoms with Gasteiger partial charge in [0.15, 0.2) is 11.5 Å². The van der Waals surface area contributed by atoms with Crippen LogP contribution >= 0.6 is 11.6 Å². The van der Waals surface area contributed by atoms with Crippen LogP contribution in [0.4, 0.5) is 0 Å². The summed E-state index contributed by atoms with van der Waals surface area (Å²) in [5, 5.41) is 3.75. The largest absolute Gasteiger partial charge is 0.491 e. The first-order valence-corrected chi connectivity index (χ1v) is 6.76. The standard InChI is InChI=1S/C14H20ClNO2/c1-16-6-5-11-7-12(15)14(17-2)13(8-11)18-9-10-3-4-10/h7-8,10,16H,3-6,9H2,1-2H3. The molecule has 100 valence electrons. The molecule has 0 aromatic heterocycles. The van der Waals surface area contributed by atoms with Crippen molar-refractivity contribution >= 4 is 11.6 Å². The van der Waals surface area contributed by atoms with E-state index in [1.807, 2.05) is 19.2 Å². The Morgan fingerprint density at radius 2 is 2.17 bits per heavy atom. The lowest BCUT2D eigenvalue weighted by Crippen LogP contribution is -2.10. The van der Waals surface area contributed by atoms with Crippen molar-refractivity contribution in [3.8, 4) is 11.5 Å². The molecule has 1 N–H and O–H groups in total. The molecule has 4 heteroatoms. The number of likely N-dealkylation sites (N-methyl/N-ethyl adjacent to an activating group) is 1. The van der Waals surface area contributed by atoms with E-state index < -0.39 is 0 Å². The van der Waals surface area contributed by atoms with Crippen molar-refractivity contribution in [1.29, 1.82) is 0 Å². The van der Waals surface area contributed by atoms with Gasteiger partial charge < -0.3 is 14.8 Å². The van der Waals surface area contributed by atoms with Crippen LogP contribution in [0.15, 0.2) is 12.1 Å². The molecule has 18 heavy (non-hydrogen) atoms. The molecule has 0 aliphatic heterocycles. The van der Waals surface area contributed by atoms with E-state index >= 15 is 0 Å². The molecule has 1 saturated carbocycles. The Bertz CT molecular complexity index is 405. The molecular formula is C14H20ClNO2. The minimum absolute atomic E-state index is 0.622. The maximum absolute atomic E-state index is 6.22. The van der Waals surface area contributed by atoms with Gasteiger partial charge in [0.1, 0.15) is 0 Å². The predicted octanol–water partition coefficient (Wildman–Crippen LogP) is 2.90. The first kappa shape index (κ1) is 13.5. The minimum Gasteiger partial charge on any atom is -0.491 e. The third kappa shape index (κ3) is 3.53. The Hall–Kier alpha value is -0.930. The molecule has 1 aliphatic rings. The number of benzene rings is 1. The van der Waals surface area contributed by atoms with Crippen molar-refractivity contribution < 1.29 is 9.47 Å². The Labute approximate surface area is 113 Å². The van der Waals surface area contributed by atoms with Crippen LogP contribution in [0.5, 0.6) is 11.5 Å². The normalized spacial score (nSPS) is 14.6. The van der Waals surface area contributed by atoms with Gasteiger partial charge in [0, 0.05) is 0 Å². The van der Waals surface area contributed by atoms with Crippen LogP contribution in [0.25, 0.3) is 0 Å². The minimum atomic E-state index is 0.622. The number of ether oxygens (including phenoxy) is 2. The fraction of sp³-hybridized carbons (Fsp3) is 0.571. The zero-order valence-electron chi connectivity index (χ0n) is 11.0. The molecule has 1 aromatic carbocycles. The highest BCUT2D eigenvalue weighted by atomic mass is 35.5. The summed E-state index contributed by atoms with van der Waals surface area (Å²) in [5.41, 5.74) is 1.17. The van der Waals surface area contributed by atoms with Gasteiger partial charge in [0.05, 0.1) is 18.7 Å². The van der Waals surface area contributed by atoms with E-state index in [0.29, 0.717) is 10.8 Å². The molecule has 1 fully saturated rings. The first-order chi connectivity index (χ1) is 8.74. The lowest BCUT2D eigenvalue weighted by Gasteiger charge is -2.14. The van der Waals surface area contributed by atoms with Crippen molar-refractivity contribution in [2.75, 3.05) is 27.3 Å². The molecule has 0 atom stereocenters. The highest BCUT2D eigenvalue weighted by Crippen LogP contribution is 2.38. The van der Waals surface area contributed by atoms with E-state index in [2.05, 4.69) is 5.32 Å². The van der Waals surface area contributed by atoms with Gasteiger partial charge in [0.25, 0.3) is 0 Å². The van der Waals surface area contributed by atoms with Gasteiger partial charge in [-0.15, -0.1) is 0 Å². The van der Waals surface area contributed by atoms with Gasteiger partial charge in [-0.1, -0.05) is 11.6 Å². The second-order valence-corrected chi connectivity index (χ2v) is 5.12. The molecule has 3 nitrogen and oxygen atoms in total. The summed E-state index contributed by atoms with van der Waals surface area (Å²) < 4.78 is 11.1. The quantitative estimate of drug-likeness (QED) is 0.826. The smallest absolute Gasteiger partial charge is 0.179 e. The number of methoxy groups -OCH3 is 1. The molecule has 1 aromatic rings. The Kier molecular flexibility index (Phi) is 4.72. The molecular weight excluding hydrogens is 250 g/mol. The number of hydrogen-bond donors (Lipinski definition) is 1. The zero-order chi connectivity index (χ0) is 13.0. The highest BCUT2D eigenvalue weighted by molar-refractivity contribution is 6.32. The molecule has 0 radical (unpaired) electrons. The monoisotopic (exact) mass is 269 g/mol. The summed E-state index contributed by atoms with van der Waals surface area (Å²) in [5.74, 6) is 2.13. The van der Waals surface area contributed by atoms with Gasteiger partial charge in [0.2, 0.25) is 0 Å². The van der Waals surface area contributed by atoms with E-state index in [0.717, 1.165) is 31.2 Å². The number of halogens is 1. The summed E-state index contributed by atoms with van der Waals surface area (Å²) in [6.07, 6.45) is 3.48. The van der Waals surface area contributed by atoms with Crippen molar-refractivity contribution in [3.63, 3.8) is 0 Å². The number of hydrogen-bond acceptors (Lipinski definition) is 3. The average molecular weight is 270 g/mol. The molecule has 0 heterocycles. The molecule has 0 spiro atoms. The number of rotatable bonds is 7. The highest BCUT2D eigenvalue weighted by Gasteiger charge is 2.23. The van der Waals surface area contributed by atoms with Crippen LogP contribution in [-0.4, -0.2) is 27.3 Å². The lowest BCUT2D eigenvalue weighted by atomic mass is 10.1. The van der Waals surface area contributed by atoms with Crippen LogP contribution in [-0.2, 0) is 6.42 Å². The van der Waals surface area contributed by atoms with E-state index in [9.17, 15) is 0 Å². The fourth-order valence-corrected chi connectivity index (χ4v) is 2.14. The van der Waals surface area contributed by atoms with Gasteiger partial charge in [-0.25, -0.2) is 0 Å². The van der Waals surface area contributed by atoms with Crippen LogP contribution < -0.4 is 14.8 Å². The van der Waals surface area contributed by atoms with E-state index in [4.69, 9.17) is 21.1 Å². The molecule has 0 saturated heterocycles. The summed E-state index contributed by atoms with van der Waals surface area (Å²) in [7, 11) is 3.56. The third-order valence-electron chi connectivity index (χ3n) is 3.11. The maximum Gasteiger partial charge on any atom is 0.179 e. The van der Waals surface area contributed by atoms with Crippen LogP contribution in [0.3, 0.4) is 0 Å². The van der Waals surface area contributed by atoms with E-state index in [1.165, 1.54) is 18.4 Å². The summed E-state index contributed by atoms with van der Waals surface area (Å²) in [6.45, 7) is 1.69. The van der Waals surface area contributed by atoms with Crippen molar-refractivity contribution in [1.82, 2.24) is 5.32 Å². The molecule has 0 amide bonds.